The van der Waals surface area contributed by atoms with E-state index in [1.807, 2.05) is 91.0 Å². The minimum atomic E-state index is -1.92. The maximum absolute atomic E-state index is 14.3. The molecule has 4 rings (SSSR count). The molecule has 0 bridgehead atoms. The predicted molar refractivity (Wildman–Crippen MR) is 110 cm³/mol. The molecule has 0 nitrogen and oxygen atoms in total. The van der Waals surface area contributed by atoms with E-state index < -0.39 is 23.6 Å². The molecule has 0 unspecified atom stereocenters. The number of halogens is 3. The van der Waals surface area contributed by atoms with Gasteiger partial charge < -0.3 is 0 Å². The van der Waals surface area contributed by atoms with Gasteiger partial charge in [0.15, 0.2) is 17.5 Å². The molecule has 4 aromatic carbocycles. The van der Waals surface area contributed by atoms with Crippen LogP contribution in [0.2, 0.25) is 0 Å². The van der Waals surface area contributed by atoms with Gasteiger partial charge in [-0.25, -0.2) is 13.2 Å². The van der Waals surface area contributed by atoms with Gasteiger partial charge in [0.1, 0.15) is 6.15 Å². The Kier molecular flexibility index (Phi) is 6.68. The zero-order valence-corrected chi connectivity index (χ0v) is 18.0. The molecule has 0 heterocycles. The summed E-state index contributed by atoms with van der Waals surface area (Å²) in [6.07, 6.45) is -1.92. The van der Waals surface area contributed by atoms with Gasteiger partial charge in [0.2, 0.25) is 0 Å². The minimum absolute atomic E-state index is 0. The number of hydrogen-bond acceptors (Lipinski definition) is 0. The van der Waals surface area contributed by atoms with Gasteiger partial charge in [0.25, 0.3) is 0 Å². The molecular formula is C24H17BF3Na. The van der Waals surface area contributed by atoms with Crippen molar-refractivity contribution < 1.29 is 42.7 Å². The third-order valence-electron chi connectivity index (χ3n) is 5.40. The molecule has 0 aromatic heterocycles. The molecule has 0 N–H and O–H groups in total. The Morgan fingerprint density at radius 1 is 0.448 bits per heavy atom. The zero-order valence-electron chi connectivity index (χ0n) is 16.0. The molecule has 29 heavy (non-hydrogen) atoms. The fraction of sp³-hybridized carbons (Fsp3) is 0. The molecule has 4 aromatic rings. The third kappa shape index (κ3) is 3.80. The molecule has 0 spiro atoms. The first-order valence-corrected chi connectivity index (χ1v) is 9.11. The van der Waals surface area contributed by atoms with Gasteiger partial charge in [-0.3, -0.25) is 0 Å². The average Bonchev–Trinajstić information content (AvgIpc) is 2.75. The Labute approximate surface area is 190 Å². The topological polar surface area (TPSA) is 0 Å². The van der Waals surface area contributed by atoms with Crippen LogP contribution < -0.4 is 51.4 Å². The second-order valence-electron chi connectivity index (χ2n) is 6.90. The monoisotopic (exact) mass is 396 g/mol. The van der Waals surface area contributed by atoms with Gasteiger partial charge >= 0.3 is 29.6 Å². The Hall–Kier alpha value is -2.27. The van der Waals surface area contributed by atoms with Crippen LogP contribution in [0.25, 0.3) is 0 Å². The van der Waals surface area contributed by atoms with Crippen molar-refractivity contribution in [3.63, 3.8) is 0 Å². The van der Waals surface area contributed by atoms with E-state index in [0.717, 1.165) is 28.5 Å². The first kappa shape index (κ1) is 21.4. The summed E-state index contributed by atoms with van der Waals surface area (Å²) < 4.78 is 42.4. The van der Waals surface area contributed by atoms with Gasteiger partial charge in [0.05, 0.1) is 0 Å². The number of rotatable bonds is 4. The van der Waals surface area contributed by atoms with Crippen molar-refractivity contribution in [3.05, 3.63) is 121 Å². The second kappa shape index (κ2) is 9.04. The van der Waals surface area contributed by atoms with E-state index in [1.54, 1.807) is 0 Å². The molecule has 0 aliphatic heterocycles. The largest absolute Gasteiger partial charge is 1.00 e. The van der Waals surface area contributed by atoms with Crippen molar-refractivity contribution >= 4 is 28.0 Å². The van der Waals surface area contributed by atoms with Gasteiger partial charge in [-0.1, -0.05) is 103 Å². The molecule has 0 radical (unpaired) electrons. The molecule has 5 heteroatoms. The molecule has 0 atom stereocenters. The Balaban J connectivity index is 0.00000240. The van der Waals surface area contributed by atoms with Crippen LogP contribution in [0.1, 0.15) is 0 Å². The van der Waals surface area contributed by atoms with Crippen molar-refractivity contribution in [1.82, 2.24) is 0 Å². The molecule has 0 aliphatic carbocycles. The van der Waals surface area contributed by atoms with Gasteiger partial charge in [-0.05, 0) is 0 Å². The van der Waals surface area contributed by atoms with Crippen molar-refractivity contribution in [3.8, 4) is 0 Å². The maximum Gasteiger partial charge on any atom is 1.00 e. The molecule has 0 fully saturated rings. The van der Waals surface area contributed by atoms with Gasteiger partial charge in [-0.2, -0.15) is 21.9 Å². The number of benzene rings is 4. The molecule has 0 amide bonds. The molecule has 0 saturated carbocycles. The van der Waals surface area contributed by atoms with Crippen LogP contribution in [0.15, 0.2) is 103 Å². The smallest absolute Gasteiger partial charge is 0.204 e. The molecular weight excluding hydrogens is 379 g/mol. The average molecular weight is 396 g/mol. The summed E-state index contributed by atoms with van der Waals surface area (Å²) in [5.74, 6) is -3.84. The summed E-state index contributed by atoms with van der Waals surface area (Å²) >= 11 is 0. The summed E-state index contributed by atoms with van der Waals surface area (Å²) in [5, 5.41) is 0. The normalized spacial score (nSPS) is 11.0. The summed E-state index contributed by atoms with van der Waals surface area (Å²) in [5.41, 5.74) is 3.07. The third-order valence-corrected chi connectivity index (χ3v) is 5.40. The first-order valence-electron chi connectivity index (χ1n) is 9.11. The van der Waals surface area contributed by atoms with Gasteiger partial charge in [0, 0.05) is 0 Å². The predicted octanol–water partition coefficient (Wildman–Crippen LogP) is 0.485. The van der Waals surface area contributed by atoms with Crippen LogP contribution in [0.5, 0.6) is 0 Å². The Morgan fingerprint density at radius 2 is 0.759 bits per heavy atom. The van der Waals surface area contributed by atoms with E-state index in [0.29, 0.717) is 5.46 Å². The molecule has 138 valence electrons. The van der Waals surface area contributed by atoms with E-state index in [2.05, 4.69) is 0 Å². The van der Waals surface area contributed by atoms with E-state index in [4.69, 9.17) is 0 Å². The SMILES string of the molecule is Fc1cc([B-](c2ccccc2)(c2ccccc2)c2ccccc2)cc(F)c1F.[Na+]. The Morgan fingerprint density at radius 3 is 1.07 bits per heavy atom. The fourth-order valence-electron chi connectivity index (χ4n) is 4.20. The number of hydrogen-bond donors (Lipinski definition) is 0. The first-order chi connectivity index (χ1) is 13.6. The van der Waals surface area contributed by atoms with Gasteiger partial charge in [-0.15, -0.1) is 0 Å². The summed E-state index contributed by atoms with van der Waals surface area (Å²) in [6.45, 7) is 0. The van der Waals surface area contributed by atoms with Crippen LogP contribution >= 0.6 is 0 Å². The standard InChI is InChI=1S/C24H17BF3.Na/c26-22-16-21(17-23(27)24(22)28)25(18-10-4-1-5-11-18,19-12-6-2-7-13-19)20-14-8-3-9-15-20;/h1-17H;/q-1;+1. The Bertz CT molecular complexity index is 967. The van der Waals surface area contributed by atoms with Crippen molar-refractivity contribution in [1.29, 1.82) is 0 Å². The van der Waals surface area contributed by atoms with E-state index in [-0.39, 0.29) is 29.6 Å². The van der Waals surface area contributed by atoms with E-state index in [1.165, 1.54) is 0 Å². The second-order valence-corrected chi connectivity index (χ2v) is 6.90. The minimum Gasteiger partial charge on any atom is -0.204 e. The quantitative estimate of drug-likeness (QED) is 0.348. The van der Waals surface area contributed by atoms with Crippen LogP contribution in [0.3, 0.4) is 0 Å². The van der Waals surface area contributed by atoms with Crippen molar-refractivity contribution in [2.45, 2.75) is 0 Å². The van der Waals surface area contributed by atoms with Crippen LogP contribution in [0.4, 0.5) is 13.2 Å². The summed E-state index contributed by atoms with van der Waals surface area (Å²) in [6, 6.07) is 31.0. The van der Waals surface area contributed by atoms with Crippen molar-refractivity contribution in [2.24, 2.45) is 0 Å². The fourth-order valence-corrected chi connectivity index (χ4v) is 4.20. The van der Waals surface area contributed by atoms with Crippen LogP contribution in [-0.2, 0) is 0 Å². The van der Waals surface area contributed by atoms with Crippen LogP contribution in [-0.4, -0.2) is 6.15 Å². The molecule has 0 aliphatic rings. The van der Waals surface area contributed by atoms with E-state index >= 15 is 0 Å². The van der Waals surface area contributed by atoms with Crippen molar-refractivity contribution in [2.75, 3.05) is 0 Å². The summed E-state index contributed by atoms with van der Waals surface area (Å²) in [4.78, 5) is 0. The van der Waals surface area contributed by atoms with Crippen LogP contribution in [0, 0.1) is 17.5 Å². The summed E-state index contributed by atoms with van der Waals surface area (Å²) in [7, 11) is 0. The molecule has 0 saturated heterocycles. The zero-order chi connectivity index (χ0) is 19.6. The maximum atomic E-state index is 14.3. The van der Waals surface area contributed by atoms with E-state index in [9.17, 15) is 13.2 Å².